The summed E-state index contributed by atoms with van der Waals surface area (Å²) in [6.45, 7) is 4.14. The van der Waals surface area contributed by atoms with Crippen LogP contribution in [0.25, 0.3) is 11.0 Å². The van der Waals surface area contributed by atoms with Crippen LogP contribution in [-0.4, -0.2) is 27.4 Å². The molecule has 6 nitrogen and oxygen atoms in total. The van der Waals surface area contributed by atoms with E-state index >= 15 is 0 Å². The Morgan fingerprint density at radius 2 is 1.78 bits per heavy atom. The van der Waals surface area contributed by atoms with Crippen molar-refractivity contribution in [2.75, 3.05) is 13.2 Å². The van der Waals surface area contributed by atoms with Crippen molar-refractivity contribution in [3.8, 4) is 5.75 Å². The van der Waals surface area contributed by atoms with E-state index in [9.17, 15) is 9.90 Å². The smallest absolute Gasteiger partial charge is 0.328 e. The van der Waals surface area contributed by atoms with Crippen LogP contribution in [0.15, 0.2) is 47.3 Å². The van der Waals surface area contributed by atoms with Gasteiger partial charge < -0.3 is 15.2 Å². The molecule has 2 N–H and O–H groups in total. The molecular weight excluding hydrogens is 342 g/mol. The maximum absolute atomic E-state index is 12.0. The molecule has 0 saturated heterocycles. The van der Waals surface area contributed by atoms with E-state index in [4.69, 9.17) is 4.74 Å². The van der Waals surface area contributed by atoms with Gasteiger partial charge in [0.15, 0.2) is 0 Å². The van der Waals surface area contributed by atoms with Crippen molar-refractivity contribution in [2.24, 2.45) is 14.1 Å². The van der Waals surface area contributed by atoms with Crippen LogP contribution in [0.1, 0.15) is 30.6 Å². The number of hydrogen-bond donors (Lipinski definition) is 2. The van der Waals surface area contributed by atoms with Gasteiger partial charge in [0.25, 0.3) is 0 Å². The van der Waals surface area contributed by atoms with Crippen molar-refractivity contribution < 1.29 is 9.84 Å². The Kier molecular flexibility index (Phi) is 5.98. The summed E-state index contributed by atoms with van der Waals surface area (Å²) >= 11 is 0. The van der Waals surface area contributed by atoms with E-state index < -0.39 is 6.10 Å². The molecule has 3 aromatic rings. The second-order valence-electron chi connectivity index (χ2n) is 6.80. The fourth-order valence-electron chi connectivity index (χ4n) is 3.12. The number of nitrogens with zero attached hydrogens (tertiary/aromatic N) is 2. The van der Waals surface area contributed by atoms with Gasteiger partial charge in [-0.15, -0.1) is 0 Å². The van der Waals surface area contributed by atoms with Gasteiger partial charge in [0, 0.05) is 20.6 Å². The van der Waals surface area contributed by atoms with Crippen molar-refractivity contribution in [3.63, 3.8) is 0 Å². The second kappa shape index (κ2) is 8.41. The van der Waals surface area contributed by atoms with Crippen molar-refractivity contribution in [3.05, 3.63) is 64.1 Å². The third-order valence-electron chi connectivity index (χ3n) is 4.77. The minimum absolute atomic E-state index is 0.0820. The molecule has 0 aliphatic carbocycles. The van der Waals surface area contributed by atoms with Crippen molar-refractivity contribution in [1.82, 2.24) is 14.5 Å². The van der Waals surface area contributed by atoms with Gasteiger partial charge in [-0.25, -0.2) is 4.79 Å². The standard InChI is InChI=1S/C21H27N3O3/c1-4-11-22-13-15-5-8-17(9-6-15)27-14-20(25)16-7-10-18-19(12-16)24(3)21(26)23(18)2/h5-10,12,20,22,25H,4,11,13-14H2,1-3H3/t20-/m1/s1. The Balaban J connectivity index is 1.63. The minimum atomic E-state index is -0.768. The lowest BCUT2D eigenvalue weighted by atomic mass is 10.1. The van der Waals surface area contributed by atoms with Crippen LogP contribution in [0.2, 0.25) is 0 Å². The third kappa shape index (κ3) is 4.23. The Labute approximate surface area is 159 Å². The first-order valence-corrected chi connectivity index (χ1v) is 9.27. The molecular formula is C21H27N3O3. The monoisotopic (exact) mass is 369 g/mol. The molecule has 1 aromatic heterocycles. The van der Waals surface area contributed by atoms with Crippen LogP contribution < -0.4 is 15.7 Å². The SMILES string of the molecule is CCCNCc1ccc(OC[C@@H](O)c2ccc3c(c2)n(C)c(=O)n3C)cc1. The molecule has 0 amide bonds. The van der Waals surface area contributed by atoms with Crippen LogP contribution in [0.5, 0.6) is 5.75 Å². The highest BCUT2D eigenvalue weighted by Gasteiger charge is 2.13. The topological polar surface area (TPSA) is 68.4 Å². The summed E-state index contributed by atoms with van der Waals surface area (Å²) in [7, 11) is 3.47. The summed E-state index contributed by atoms with van der Waals surface area (Å²) in [6, 6.07) is 13.4. The van der Waals surface area contributed by atoms with Crippen LogP contribution in [0, 0.1) is 0 Å². The average Bonchev–Trinajstić information content (AvgIpc) is 2.91. The molecule has 1 heterocycles. The number of aromatic nitrogens is 2. The maximum Gasteiger partial charge on any atom is 0.328 e. The van der Waals surface area contributed by atoms with Gasteiger partial charge in [0.05, 0.1) is 11.0 Å². The van der Waals surface area contributed by atoms with Crippen LogP contribution in [-0.2, 0) is 20.6 Å². The third-order valence-corrected chi connectivity index (χ3v) is 4.77. The zero-order valence-corrected chi connectivity index (χ0v) is 16.1. The number of ether oxygens (including phenoxy) is 1. The summed E-state index contributed by atoms with van der Waals surface area (Å²) in [5, 5.41) is 13.8. The largest absolute Gasteiger partial charge is 0.491 e. The van der Waals surface area contributed by atoms with E-state index in [0.717, 1.165) is 41.9 Å². The number of nitrogens with one attached hydrogen (secondary N) is 1. The van der Waals surface area contributed by atoms with Crippen LogP contribution in [0.3, 0.4) is 0 Å². The molecule has 0 bridgehead atoms. The summed E-state index contributed by atoms with van der Waals surface area (Å²) in [6.07, 6.45) is 0.345. The highest BCUT2D eigenvalue weighted by Crippen LogP contribution is 2.21. The van der Waals surface area contributed by atoms with E-state index in [-0.39, 0.29) is 12.3 Å². The Bertz CT molecular complexity index is 957. The molecule has 0 radical (unpaired) electrons. The molecule has 0 fully saturated rings. The van der Waals surface area contributed by atoms with Crippen LogP contribution >= 0.6 is 0 Å². The molecule has 27 heavy (non-hydrogen) atoms. The van der Waals surface area contributed by atoms with Gasteiger partial charge in [0.1, 0.15) is 18.5 Å². The number of benzene rings is 2. The summed E-state index contributed by atoms with van der Waals surface area (Å²) in [5.74, 6) is 0.724. The summed E-state index contributed by atoms with van der Waals surface area (Å²) in [4.78, 5) is 12.0. The van der Waals surface area contributed by atoms with Crippen molar-refractivity contribution >= 4 is 11.0 Å². The van der Waals surface area contributed by atoms with Crippen LogP contribution in [0.4, 0.5) is 0 Å². The lowest BCUT2D eigenvalue weighted by Crippen LogP contribution is -2.19. The van der Waals surface area contributed by atoms with Gasteiger partial charge in [-0.2, -0.15) is 0 Å². The fraction of sp³-hybridized carbons (Fsp3) is 0.381. The number of aliphatic hydroxyl groups excluding tert-OH is 1. The van der Waals surface area contributed by atoms with Gasteiger partial charge >= 0.3 is 5.69 Å². The zero-order valence-electron chi connectivity index (χ0n) is 16.1. The maximum atomic E-state index is 12.0. The first-order chi connectivity index (χ1) is 13.0. The molecule has 0 unspecified atom stereocenters. The lowest BCUT2D eigenvalue weighted by molar-refractivity contribution is 0.108. The number of imidazole rings is 1. The highest BCUT2D eigenvalue weighted by atomic mass is 16.5. The molecule has 0 spiro atoms. The van der Waals surface area contributed by atoms with Gasteiger partial charge in [-0.3, -0.25) is 9.13 Å². The highest BCUT2D eigenvalue weighted by molar-refractivity contribution is 5.76. The molecule has 1 atom stereocenters. The average molecular weight is 369 g/mol. The molecule has 0 saturated carbocycles. The number of hydrogen-bond acceptors (Lipinski definition) is 4. The van der Waals surface area contributed by atoms with E-state index in [1.807, 2.05) is 42.5 Å². The van der Waals surface area contributed by atoms with Gasteiger partial charge in [-0.05, 0) is 48.4 Å². The van der Waals surface area contributed by atoms with Crippen molar-refractivity contribution in [1.29, 1.82) is 0 Å². The first kappa shape index (κ1) is 19.2. The Morgan fingerprint density at radius 3 is 2.48 bits per heavy atom. The van der Waals surface area contributed by atoms with E-state index in [2.05, 4.69) is 12.2 Å². The predicted octanol–water partition coefficient (Wildman–Crippen LogP) is 2.49. The molecule has 0 aliphatic heterocycles. The predicted molar refractivity (Wildman–Crippen MR) is 107 cm³/mol. The van der Waals surface area contributed by atoms with Gasteiger partial charge in [-0.1, -0.05) is 25.1 Å². The normalized spacial score (nSPS) is 12.4. The minimum Gasteiger partial charge on any atom is -0.491 e. The number of fused-ring (bicyclic) bond motifs is 1. The number of rotatable bonds is 8. The lowest BCUT2D eigenvalue weighted by Gasteiger charge is -2.13. The number of aliphatic hydroxyl groups is 1. The fourth-order valence-corrected chi connectivity index (χ4v) is 3.12. The van der Waals surface area contributed by atoms with E-state index in [1.165, 1.54) is 5.56 Å². The zero-order chi connectivity index (χ0) is 19.4. The summed E-state index contributed by atoms with van der Waals surface area (Å²) < 4.78 is 8.91. The molecule has 0 aliphatic rings. The Morgan fingerprint density at radius 1 is 1.07 bits per heavy atom. The van der Waals surface area contributed by atoms with Gasteiger partial charge in [0.2, 0.25) is 0 Å². The summed E-state index contributed by atoms with van der Waals surface area (Å²) in [5.41, 5.74) is 3.48. The quantitative estimate of drug-likeness (QED) is 0.599. The number of aryl methyl sites for hydroxylation is 2. The molecule has 6 heteroatoms. The second-order valence-corrected chi connectivity index (χ2v) is 6.80. The molecule has 3 rings (SSSR count). The molecule has 144 valence electrons. The van der Waals surface area contributed by atoms with Crippen molar-refractivity contribution in [2.45, 2.75) is 26.0 Å². The van der Waals surface area contributed by atoms with E-state index in [0.29, 0.717) is 0 Å². The Hall–Kier alpha value is -2.57. The molecule has 2 aromatic carbocycles. The first-order valence-electron chi connectivity index (χ1n) is 9.27. The van der Waals surface area contributed by atoms with E-state index in [1.54, 1.807) is 23.2 Å².